The minimum atomic E-state index is -0.737. The number of piperidine rings is 1. The number of likely N-dealkylation sites (tertiary alicyclic amines) is 1. The van der Waals surface area contributed by atoms with Gasteiger partial charge in [-0.1, -0.05) is 13.0 Å². The number of aliphatic carboxylic acids is 1. The van der Waals surface area contributed by atoms with Crippen molar-refractivity contribution in [2.75, 3.05) is 26.2 Å². The van der Waals surface area contributed by atoms with Crippen LogP contribution in [0.3, 0.4) is 0 Å². The molecule has 130 valence electrons. The van der Waals surface area contributed by atoms with Crippen molar-refractivity contribution >= 4 is 11.6 Å². The topological polar surface area (TPSA) is 61.1 Å². The SMILES string of the molecule is CCN(CC(=O)O)C1CCN(Cc2cn3c(C)cccc3n2)CC1. The second-order valence-electron chi connectivity index (χ2n) is 6.59. The number of imidazole rings is 1. The molecule has 3 rings (SSSR count). The van der Waals surface area contributed by atoms with E-state index in [-0.39, 0.29) is 6.54 Å². The molecule has 6 nitrogen and oxygen atoms in total. The second-order valence-corrected chi connectivity index (χ2v) is 6.59. The number of hydrogen-bond acceptors (Lipinski definition) is 4. The van der Waals surface area contributed by atoms with Crippen molar-refractivity contribution in [1.29, 1.82) is 0 Å². The largest absolute Gasteiger partial charge is 0.480 e. The number of aryl methyl sites for hydroxylation is 1. The number of fused-ring (bicyclic) bond motifs is 1. The zero-order chi connectivity index (χ0) is 17.1. The standard InChI is InChI=1S/C18H26N4O2/c1-3-21(13-18(23)24)16-7-9-20(10-8-16)11-15-12-22-14(2)5-4-6-17(22)19-15/h4-6,12,16H,3,7-11,13H2,1-2H3,(H,23,24). The summed E-state index contributed by atoms with van der Waals surface area (Å²) in [6, 6.07) is 6.54. The Hall–Kier alpha value is -1.92. The Kier molecular flexibility index (Phi) is 5.16. The maximum absolute atomic E-state index is 11.0. The number of carboxylic acid groups (broad SMARTS) is 1. The summed E-state index contributed by atoms with van der Waals surface area (Å²) in [5, 5.41) is 9.02. The number of nitrogens with zero attached hydrogens (tertiary/aromatic N) is 4. The van der Waals surface area contributed by atoms with Gasteiger partial charge in [0.05, 0.1) is 12.2 Å². The van der Waals surface area contributed by atoms with E-state index < -0.39 is 5.97 Å². The molecule has 1 fully saturated rings. The molecule has 0 unspecified atom stereocenters. The summed E-state index contributed by atoms with van der Waals surface area (Å²) in [5.41, 5.74) is 3.29. The Morgan fingerprint density at radius 2 is 2.12 bits per heavy atom. The van der Waals surface area contributed by atoms with Crippen LogP contribution in [0.15, 0.2) is 24.4 Å². The van der Waals surface area contributed by atoms with Gasteiger partial charge in [-0.2, -0.15) is 0 Å². The molecule has 1 aliphatic rings. The summed E-state index contributed by atoms with van der Waals surface area (Å²) in [6.07, 6.45) is 4.17. The summed E-state index contributed by atoms with van der Waals surface area (Å²) in [4.78, 5) is 20.2. The number of carbonyl (C=O) groups is 1. The van der Waals surface area contributed by atoms with E-state index in [1.54, 1.807) is 0 Å². The number of aromatic nitrogens is 2. The van der Waals surface area contributed by atoms with Crippen LogP contribution in [0.5, 0.6) is 0 Å². The van der Waals surface area contributed by atoms with Gasteiger partial charge in [0.2, 0.25) is 0 Å². The lowest BCUT2D eigenvalue weighted by atomic mass is 10.0. The zero-order valence-corrected chi connectivity index (χ0v) is 14.5. The van der Waals surface area contributed by atoms with E-state index in [0.717, 1.165) is 50.4 Å². The van der Waals surface area contributed by atoms with Crippen LogP contribution >= 0.6 is 0 Å². The number of pyridine rings is 1. The quantitative estimate of drug-likeness (QED) is 0.878. The third kappa shape index (κ3) is 3.76. The van der Waals surface area contributed by atoms with E-state index in [1.165, 1.54) is 5.69 Å². The summed E-state index contributed by atoms with van der Waals surface area (Å²) in [6.45, 7) is 7.91. The van der Waals surface area contributed by atoms with E-state index >= 15 is 0 Å². The molecule has 0 amide bonds. The highest BCUT2D eigenvalue weighted by molar-refractivity contribution is 5.69. The molecular weight excluding hydrogens is 304 g/mol. The molecule has 24 heavy (non-hydrogen) atoms. The Morgan fingerprint density at radius 3 is 2.75 bits per heavy atom. The monoisotopic (exact) mass is 330 g/mol. The molecule has 1 N–H and O–H groups in total. The van der Waals surface area contributed by atoms with E-state index in [4.69, 9.17) is 10.1 Å². The van der Waals surface area contributed by atoms with Gasteiger partial charge >= 0.3 is 5.97 Å². The van der Waals surface area contributed by atoms with Crippen LogP contribution in [0.2, 0.25) is 0 Å². The van der Waals surface area contributed by atoms with Crippen LogP contribution in [-0.2, 0) is 11.3 Å². The average molecular weight is 330 g/mol. The van der Waals surface area contributed by atoms with Crippen LogP contribution in [0.1, 0.15) is 31.2 Å². The van der Waals surface area contributed by atoms with E-state index in [1.807, 2.05) is 19.1 Å². The van der Waals surface area contributed by atoms with Crippen molar-refractivity contribution in [3.05, 3.63) is 35.8 Å². The summed E-state index contributed by atoms with van der Waals surface area (Å²) >= 11 is 0. The predicted molar refractivity (Wildman–Crippen MR) is 93.1 cm³/mol. The van der Waals surface area contributed by atoms with Gasteiger partial charge in [0.25, 0.3) is 0 Å². The van der Waals surface area contributed by atoms with Gasteiger partial charge in [0.15, 0.2) is 0 Å². The van der Waals surface area contributed by atoms with Crippen LogP contribution < -0.4 is 0 Å². The molecule has 2 aromatic rings. The number of likely N-dealkylation sites (N-methyl/N-ethyl adjacent to an activating group) is 1. The van der Waals surface area contributed by atoms with Crippen molar-refractivity contribution in [1.82, 2.24) is 19.2 Å². The van der Waals surface area contributed by atoms with Gasteiger partial charge in [0, 0.05) is 37.6 Å². The predicted octanol–water partition coefficient (Wildman–Crippen LogP) is 2.01. The van der Waals surface area contributed by atoms with Gasteiger partial charge < -0.3 is 9.51 Å². The van der Waals surface area contributed by atoms with Crippen molar-refractivity contribution in [3.63, 3.8) is 0 Å². The van der Waals surface area contributed by atoms with E-state index in [9.17, 15) is 4.79 Å². The molecule has 0 spiro atoms. The van der Waals surface area contributed by atoms with Crippen molar-refractivity contribution in [3.8, 4) is 0 Å². The van der Waals surface area contributed by atoms with Gasteiger partial charge in [-0.3, -0.25) is 14.6 Å². The van der Waals surface area contributed by atoms with Gasteiger partial charge in [-0.25, -0.2) is 4.98 Å². The van der Waals surface area contributed by atoms with Crippen LogP contribution in [0.25, 0.3) is 5.65 Å². The Bertz CT molecular complexity index is 704. The summed E-state index contributed by atoms with van der Waals surface area (Å²) in [5.74, 6) is -0.737. The third-order valence-corrected chi connectivity index (χ3v) is 4.95. The van der Waals surface area contributed by atoms with Crippen molar-refractivity contribution in [2.24, 2.45) is 0 Å². The zero-order valence-electron chi connectivity index (χ0n) is 14.5. The lowest BCUT2D eigenvalue weighted by molar-refractivity contribution is -0.139. The summed E-state index contributed by atoms with van der Waals surface area (Å²) < 4.78 is 2.13. The van der Waals surface area contributed by atoms with Crippen LogP contribution in [0, 0.1) is 6.92 Å². The van der Waals surface area contributed by atoms with Crippen LogP contribution in [-0.4, -0.2) is 62.5 Å². The normalized spacial score (nSPS) is 17.0. The molecule has 0 bridgehead atoms. The molecule has 1 saturated heterocycles. The highest BCUT2D eigenvalue weighted by Crippen LogP contribution is 2.18. The first-order valence-electron chi connectivity index (χ1n) is 8.68. The molecule has 1 aliphatic heterocycles. The molecular formula is C18H26N4O2. The maximum atomic E-state index is 11.0. The molecule has 0 radical (unpaired) electrons. The Labute approximate surface area is 142 Å². The molecule has 2 aromatic heterocycles. The number of rotatable bonds is 6. The fraction of sp³-hybridized carbons (Fsp3) is 0.556. The second kappa shape index (κ2) is 7.32. The lowest BCUT2D eigenvalue weighted by Crippen LogP contribution is -2.46. The minimum Gasteiger partial charge on any atom is -0.480 e. The molecule has 0 aliphatic carbocycles. The molecule has 0 saturated carbocycles. The molecule has 3 heterocycles. The van der Waals surface area contributed by atoms with Gasteiger partial charge in [0.1, 0.15) is 5.65 Å². The fourth-order valence-electron chi connectivity index (χ4n) is 3.62. The Morgan fingerprint density at radius 1 is 1.38 bits per heavy atom. The van der Waals surface area contributed by atoms with Crippen molar-refractivity contribution in [2.45, 2.75) is 39.3 Å². The maximum Gasteiger partial charge on any atom is 0.317 e. The average Bonchev–Trinajstić information content (AvgIpc) is 2.97. The first kappa shape index (κ1) is 16.9. The Balaban J connectivity index is 1.58. The van der Waals surface area contributed by atoms with Gasteiger partial charge in [-0.15, -0.1) is 0 Å². The first-order chi connectivity index (χ1) is 11.6. The van der Waals surface area contributed by atoms with Gasteiger partial charge in [-0.05, 0) is 38.4 Å². The smallest absolute Gasteiger partial charge is 0.317 e. The molecule has 0 atom stereocenters. The minimum absolute atomic E-state index is 0.146. The highest BCUT2D eigenvalue weighted by atomic mass is 16.4. The number of carboxylic acids is 1. The molecule has 6 heteroatoms. The first-order valence-corrected chi connectivity index (χ1v) is 8.68. The number of hydrogen-bond donors (Lipinski definition) is 1. The molecule has 0 aromatic carbocycles. The lowest BCUT2D eigenvalue weighted by Gasteiger charge is -2.37. The van der Waals surface area contributed by atoms with E-state index in [2.05, 4.69) is 33.4 Å². The summed E-state index contributed by atoms with van der Waals surface area (Å²) in [7, 11) is 0. The van der Waals surface area contributed by atoms with Crippen molar-refractivity contribution < 1.29 is 9.90 Å². The fourth-order valence-corrected chi connectivity index (χ4v) is 3.62. The van der Waals surface area contributed by atoms with Crippen LogP contribution in [0.4, 0.5) is 0 Å². The third-order valence-electron chi connectivity index (χ3n) is 4.95. The highest BCUT2D eigenvalue weighted by Gasteiger charge is 2.25. The van der Waals surface area contributed by atoms with E-state index in [0.29, 0.717) is 6.04 Å².